The summed E-state index contributed by atoms with van der Waals surface area (Å²) >= 11 is 1.33. The fourth-order valence-corrected chi connectivity index (χ4v) is 3.59. The minimum atomic E-state index is -1.01. The first-order valence-electron chi connectivity index (χ1n) is 8.53. The molecule has 1 aromatic carbocycles. The Morgan fingerprint density at radius 1 is 1.35 bits per heavy atom. The van der Waals surface area contributed by atoms with Gasteiger partial charge in [0, 0.05) is 12.4 Å². The number of carbonyl (C=O) groups is 2. The molecule has 0 saturated heterocycles. The Morgan fingerprint density at radius 3 is 2.73 bits per heavy atom. The van der Waals surface area contributed by atoms with Crippen LogP contribution in [0.4, 0.5) is 0 Å². The number of para-hydroxylation sites is 1. The number of nitrogens with zero attached hydrogens (tertiary/aromatic N) is 2. The summed E-state index contributed by atoms with van der Waals surface area (Å²) in [5, 5.41) is 3.53. The minimum absolute atomic E-state index is 0.166. The maximum absolute atomic E-state index is 12.4. The van der Waals surface area contributed by atoms with Gasteiger partial charge < -0.3 is 10.1 Å². The van der Waals surface area contributed by atoms with Crippen molar-refractivity contribution in [1.82, 2.24) is 14.9 Å². The van der Waals surface area contributed by atoms with Crippen LogP contribution in [0.1, 0.15) is 32.3 Å². The van der Waals surface area contributed by atoms with Crippen LogP contribution in [-0.2, 0) is 14.3 Å². The van der Waals surface area contributed by atoms with Gasteiger partial charge in [-0.1, -0.05) is 43.3 Å². The summed E-state index contributed by atoms with van der Waals surface area (Å²) in [5.41, 5.74) is 1.14. The number of carbonyl (C=O) groups excluding carboxylic acids is 2. The predicted octanol–water partition coefficient (Wildman–Crippen LogP) is 3.12. The summed E-state index contributed by atoms with van der Waals surface area (Å²) < 4.78 is 6.79. The number of hydrogen-bond acceptors (Lipinski definition) is 5. The molecule has 0 bridgehead atoms. The molecule has 0 fully saturated rings. The molecule has 1 amide bonds. The lowest BCUT2D eigenvalue weighted by Gasteiger charge is -2.27. The van der Waals surface area contributed by atoms with Gasteiger partial charge in [0.25, 0.3) is 0 Å². The van der Waals surface area contributed by atoms with Crippen LogP contribution in [0.25, 0.3) is 5.69 Å². The van der Waals surface area contributed by atoms with Gasteiger partial charge in [-0.25, -0.2) is 9.78 Å². The van der Waals surface area contributed by atoms with E-state index in [0.29, 0.717) is 6.42 Å². The lowest BCUT2D eigenvalue weighted by molar-refractivity contribution is -0.150. The fraction of sp³-hybridized carbons (Fsp3) is 0.421. The average Bonchev–Trinajstić information content (AvgIpc) is 3.08. The number of amides is 1. The second-order valence-electron chi connectivity index (χ2n) is 6.28. The number of imidazole rings is 1. The molecular formula is C19H25N3O3S. The van der Waals surface area contributed by atoms with E-state index in [9.17, 15) is 9.59 Å². The summed E-state index contributed by atoms with van der Waals surface area (Å²) in [6.07, 6.45) is 4.87. The SMILES string of the molecule is CCCC(C)(NC(=O)CSc1nccn1-c1ccccc1C)C(=O)OC. The van der Waals surface area contributed by atoms with Crippen LogP contribution >= 0.6 is 11.8 Å². The molecule has 0 spiro atoms. The molecule has 2 rings (SSSR count). The molecule has 0 aliphatic heterocycles. The van der Waals surface area contributed by atoms with Crippen LogP contribution < -0.4 is 5.32 Å². The summed E-state index contributed by atoms with van der Waals surface area (Å²) in [7, 11) is 1.33. The quantitative estimate of drug-likeness (QED) is 0.567. The van der Waals surface area contributed by atoms with Crippen molar-refractivity contribution < 1.29 is 14.3 Å². The van der Waals surface area contributed by atoms with Crippen LogP contribution in [0, 0.1) is 6.92 Å². The maximum Gasteiger partial charge on any atom is 0.331 e. The van der Waals surface area contributed by atoms with Crippen molar-refractivity contribution in [2.24, 2.45) is 0 Å². The van der Waals surface area contributed by atoms with Crippen molar-refractivity contribution in [3.05, 3.63) is 42.2 Å². The monoisotopic (exact) mass is 375 g/mol. The third-order valence-electron chi connectivity index (χ3n) is 4.12. The van der Waals surface area contributed by atoms with E-state index in [-0.39, 0.29) is 11.7 Å². The predicted molar refractivity (Wildman–Crippen MR) is 102 cm³/mol. The second kappa shape index (κ2) is 8.89. The Morgan fingerprint density at radius 2 is 2.08 bits per heavy atom. The van der Waals surface area contributed by atoms with Gasteiger partial charge >= 0.3 is 5.97 Å². The molecule has 0 radical (unpaired) electrons. The van der Waals surface area contributed by atoms with E-state index < -0.39 is 11.5 Å². The minimum Gasteiger partial charge on any atom is -0.467 e. The van der Waals surface area contributed by atoms with Crippen LogP contribution in [0.2, 0.25) is 0 Å². The number of ether oxygens (including phenoxy) is 1. The number of thioether (sulfide) groups is 1. The van der Waals surface area contributed by atoms with Crippen molar-refractivity contribution in [2.75, 3.05) is 12.9 Å². The highest BCUT2D eigenvalue weighted by molar-refractivity contribution is 7.99. The molecule has 0 aliphatic rings. The van der Waals surface area contributed by atoms with E-state index in [2.05, 4.69) is 10.3 Å². The topological polar surface area (TPSA) is 73.2 Å². The molecule has 0 saturated carbocycles. The Kier molecular flexibility index (Phi) is 6.85. The summed E-state index contributed by atoms with van der Waals surface area (Å²) in [4.78, 5) is 28.7. The van der Waals surface area contributed by atoms with Gasteiger partial charge in [0.2, 0.25) is 5.91 Å². The van der Waals surface area contributed by atoms with Crippen LogP contribution in [-0.4, -0.2) is 39.8 Å². The first-order chi connectivity index (χ1) is 12.4. The van der Waals surface area contributed by atoms with E-state index in [1.54, 1.807) is 13.1 Å². The number of nitrogens with one attached hydrogen (secondary N) is 1. The second-order valence-corrected chi connectivity index (χ2v) is 7.22. The zero-order chi connectivity index (χ0) is 19.2. The van der Waals surface area contributed by atoms with E-state index in [4.69, 9.17) is 4.74 Å². The van der Waals surface area contributed by atoms with Gasteiger partial charge in [0.15, 0.2) is 5.16 Å². The molecular weight excluding hydrogens is 350 g/mol. The highest BCUT2D eigenvalue weighted by Crippen LogP contribution is 2.23. The van der Waals surface area contributed by atoms with Gasteiger partial charge in [-0.05, 0) is 31.9 Å². The smallest absolute Gasteiger partial charge is 0.331 e. The van der Waals surface area contributed by atoms with Gasteiger partial charge in [-0.15, -0.1) is 0 Å². The van der Waals surface area contributed by atoms with Crippen molar-refractivity contribution in [3.63, 3.8) is 0 Å². The summed E-state index contributed by atoms with van der Waals surface area (Å²) in [6.45, 7) is 5.68. The first-order valence-corrected chi connectivity index (χ1v) is 9.51. The fourth-order valence-electron chi connectivity index (χ4n) is 2.83. The summed E-state index contributed by atoms with van der Waals surface area (Å²) in [6, 6.07) is 7.99. The molecule has 2 aromatic rings. The van der Waals surface area contributed by atoms with Crippen molar-refractivity contribution in [1.29, 1.82) is 0 Å². The van der Waals surface area contributed by atoms with Crippen molar-refractivity contribution in [2.45, 2.75) is 44.3 Å². The Balaban J connectivity index is 2.06. The Bertz CT molecular complexity index is 775. The van der Waals surface area contributed by atoms with E-state index in [0.717, 1.165) is 22.8 Å². The van der Waals surface area contributed by atoms with Crippen molar-refractivity contribution >= 4 is 23.6 Å². The standard InChI is InChI=1S/C19H25N3O3S/c1-5-10-19(3,17(24)25-4)21-16(23)13-26-18-20-11-12-22(18)15-9-7-6-8-14(15)2/h6-9,11-12H,5,10,13H2,1-4H3,(H,21,23). The number of aryl methyl sites for hydroxylation is 1. The molecule has 1 heterocycles. The molecule has 6 nitrogen and oxygen atoms in total. The van der Waals surface area contributed by atoms with Gasteiger partial charge in [-0.2, -0.15) is 0 Å². The number of esters is 1. The average molecular weight is 375 g/mol. The molecule has 1 N–H and O–H groups in total. The molecule has 140 valence electrons. The molecule has 1 atom stereocenters. The number of aromatic nitrogens is 2. The molecule has 7 heteroatoms. The summed E-state index contributed by atoms with van der Waals surface area (Å²) in [5.74, 6) is -0.492. The molecule has 1 aromatic heterocycles. The van der Waals surface area contributed by atoms with Gasteiger partial charge in [0.05, 0.1) is 18.6 Å². The highest BCUT2D eigenvalue weighted by atomic mass is 32.2. The highest BCUT2D eigenvalue weighted by Gasteiger charge is 2.35. The third-order valence-corrected chi connectivity index (χ3v) is 5.08. The lowest BCUT2D eigenvalue weighted by Crippen LogP contribution is -2.53. The normalized spacial score (nSPS) is 13.1. The van der Waals surface area contributed by atoms with E-state index in [1.165, 1.54) is 18.9 Å². The lowest BCUT2D eigenvalue weighted by atomic mass is 9.96. The van der Waals surface area contributed by atoms with Crippen LogP contribution in [0.5, 0.6) is 0 Å². The largest absolute Gasteiger partial charge is 0.467 e. The number of benzene rings is 1. The van der Waals surface area contributed by atoms with Gasteiger partial charge in [0.1, 0.15) is 5.54 Å². The van der Waals surface area contributed by atoms with Gasteiger partial charge in [-0.3, -0.25) is 9.36 Å². The van der Waals surface area contributed by atoms with Crippen LogP contribution in [0.3, 0.4) is 0 Å². The molecule has 1 unspecified atom stereocenters. The molecule has 0 aliphatic carbocycles. The van der Waals surface area contributed by atoms with E-state index >= 15 is 0 Å². The number of hydrogen-bond donors (Lipinski definition) is 1. The molecule has 26 heavy (non-hydrogen) atoms. The number of rotatable bonds is 8. The first kappa shape index (κ1) is 20.0. The Hall–Kier alpha value is -2.28. The number of methoxy groups -OCH3 is 1. The Labute approximate surface area is 158 Å². The van der Waals surface area contributed by atoms with Crippen molar-refractivity contribution in [3.8, 4) is 5.69 Å². The zero-order valence-corrected chi connectivity index (χ0v) is 16.4. The van der Waals surface area contributed by atoms with E-state index in [1.807, 2.05) is 48.9 Å². The van der Waals surface area contributed by atoms with Crippen LogP contribution in [0.15, 0.2) is 41.8 Å². The zero-order valence-electron chi connectivity index (χ0n) is 15.6. The maximum atomic E-state index is 12.4. The third kappa shape index (κ3) is 4.66.